The van der Waals surface area contributed by atoms with E-state index in [1.807, 2.05) is 30.6 Å². The van der Waals surface area contributed by atoms with Crippen molar-refractivity contribution in [1.82, 2.24) is 15.0 Å². The molecule has 21 heavy (non-hydrogen) atoms. The lowest BCUT2D eigenvalue weighted by Gasteiger charge is -2.11. The summed E-state index contributed by atoms with van der Waals surface area (Å²) in [6.07, 6.45) is 5.39. The largest absolute Gasteiger partial charge is 0.264 e. The van der Waals surface area contributed by atoms with E-state index in [4.69, 9.17) is 4.98 Å². The Morgan fingerprint density at radius 2 is 1.67 bits per heavy atom. The van der Waals surface area contributed by atoms with E-state index >= 15 is 0 Å². The summed E-state index contributed by atoms with van der Waals surface area (Å²) in [5.41, 5.74) is 6.69. The summed E-state index contributed by atoms with van der Waals surface area (Å²) >= 11 is 0. The summed E-state index contributed by atoms with van der Waals surface area (Å²) in [5, 5.41) is 0. The Balaban J connectivity index is 2.13. The Kier molecular flexibility index (Phi) is 3.48. The lowest BCUT2D eigenvalue weighted by molar-refractivity contribution is 1.15. The van der Waals surface area contributed by atoms with Crippen LogP contribution in [-0.4, -0.2) is 15.0 Å². The van der Waals surface area contributed by atoms with Crippen molar-refractivity contribution < 1.29 is 0 Å². The standard InChI is InChI=1S/C18H17N3/c1-12-9-13(2)17(14(3)10-12)18-20-8-6-16(21-18)15-5-4-7-19-11-15/h4-11H,1-3H3. The van der Waals surface area contributed by atoms with Gasteiger partial charge in [0.1, 0.15) is 0 Å². The number of nitrogens with zero attached hydrogens (tertiary/aromatic N) is 3. The van der Waals surface area contributed by atoms with Crippen molar-refractivity contribution in [3.8, 4) is 22.6 Å². The molecule has 0 N–H and O–H groups in total. The van der Waals surface area contributed by atoms with Crippen LogP contribution >= 0.6 is 0 Å². The molecule has 2 aromatic heterocycles. The van der Waals surface area contributed by atoms with Crippen LogP contribution in [0.1, 0.15) is 16.7 Å². The predicted molar refractivity (Wildman–Crippen MR) is 84.9 cm³/mol. The van der Waals surface area contributed by atoms with Gasteiger partial charge in [-0.2, -0.15) is 0 Å². The average Bonchev–Trinajstić information content (AvgIpc) is 2.47. The third kappa shape index (κ3) is 2.68. The first kappa shape index (κ1) is 13.4. The minimum Gasteiger partial charge on any atom is -0.264 e. The van der Waals surface area contributed by atoms with Crippen molar-refractivity contribution in [3.05, 3.63) is 65.6 Å². The number of aromatic nitrogens is 3. The van der Waals surface area contributed by atoms with Gasteiger partial charge in [0.2, 0.25) is 0 Å². The molecule has 0 fully saturated rings. The van der Waals surface area contributed by atoms with Crippen LogP contribution in [0, 0.1) is 20.8 Å². The van der Waals surface area contributed by atoms with Crippen molar-refractivity contribution in [2.24, 2.45) is 0 Å². The van der Waals surface area contributed by atoms with Crippen molar-refractivity contribution >= 4 is 0 Å². The first-order valence-electron chi connectivity index (χ1n) is 6.97. The zero-order valence-corrected chi connectivity index (χ0v) is 12.5. The highest BCUT2D eigenvalue weighted by atomic mass is 14.9. The van der Waals surface area contributed by atoms with Gasteiger partial charge < -0.3 is 0 Å². The molecule has 0 amide bonds. The van der Waals surface area contributed by atoms with Crippen molar-refractivity contribution in [2.75, 3.05) is 0 Å². The zero-order chi connectivity index (χ0) is 14.8. The van der Waals surface area contributed by atoms with Crippen molar-refractivity contribution in [1.29, 1.82) is 0 Å². The Bertz CT molecular complexity index is 756. The molecule has 0 bridgehead atoms. The molecule has 1 aromatic carbocycles. The lowest BCUT2D eigenvalue weighted by atomic mass is 9.99. The summed E-state index contributed by atoms with van der Waals surface area (Å²) in [4.78, 5) is 13.3. The first-order chi connectivity index (χ1) is 10.1. The molecule has 0 spiro atoms. The molecular weight excluding hydrogens is 258 g/mol. The van der Waals surface area contributed by atoms with Crippen LogP contribution in [0.2, 0.25) is 0 Å². The van der Waals surface area contributed by atoms with E-state index in [0.29, 0.717) is 0 Å². The van der Waals surface area contributed by atoms with Crippen LogP contribution in [0.3, 0.4) is 0 Å². The molecule has 0 saturated carbocycles. The number of rotatable bonds is 2. The number of benzene rings is 1. The lowest BCUT2D eigenvalue weighted by Crippen LogP contribution is -1.97. The molecule has 104 valence electrons. The predicted octanol–water partition coefficient (Wildman–Crippen LogP) is 4.13. The van der Waals surface area contributed by atoms with Crippen LogP contribution in [0.5, 0.6) is 0 Å². The maximum Gasteiger partial charge on any atom is 0.160 e. The summed E-state index contributed by atoms with van der Waals surface area (Å²) in [6.45, 7) is 6.32. The van der Waals surface area contributed by atoms with E-state index in [1.54, 1.807) is 6.20 Å². The quantitative estimate of drug-likeness (QED) is 0.705. The Morgan fingerprint density at radius 3 is 2.33 bits per heavy atom. The SMILES string of the molecule is Cc1cc(C)c(-c2nccc(-c3cccnc3)n2)c(C)c1. The Labute approximate surface area is 124 Å². The van der Waals surface area contributed by atoms with Crippen LogP contribution in [0.15, 0.2) is 48.9 Å². The summed E-state index contributed by atoms with van der Waals surface area (Å²) in [6, 6.07) is 10.2. The van der Waals surface area contributed by atoms with Crippen molar-refractivity contribution in [3.63, 3.8) is 0 Å². The van der Waals surface area contributed by atoms with Gasteiger partial charge in [0.05, 0.1) is 5.69 Å². The molecule has 3 aromatic rings. The molecule has 0 unspecified atom stereocenters. The fourth-order valence-electron chi connectivity index (χ4n) is 2.69. The van der Waals surface area contributed by atoms with E-state index in [0.717, 1.165) is 22.6 Å². The molecule has 0 aliphatic carbocycles. The number of hydrogen-bond acceptors (Lipinski definition) is 3. The second-order valence-electron chi connectivity index (χ2n) is 5.28. The summed E-state index contributed by atoms with van der Waals surface area (Å²) in [5.74, 6) is 0.770. The minimum atomic E-state index is 0.770. The monoisotopic (exact) mass is 275 g/mol. The molecule has 3 nitrogen and oxygen atoms in total. The second kappa shape index (κ2) is 5.44. The van der Waals surface area contributed by atoms with Gasteiger partial charge in [-0.05, 0) is 50.1 Å². The van der Waals surface area contributed by atoms with Gasteiger partial charge in [-0.3, -0.25) is 4.98 Å². The maximum atomic E-state index is 4.71. The third-order valence-electron chi connectivity index (χ3n) is 3.51. The highest BCUT2D eigenvalue weighted by Crippen LogP contribution is 2.27. The smallest absolute Gasteiger partial charge is 0.160 e. The van der Waals surface area contributed by atoms with Crippen molar-refractivity contribution in [2.45, 2.75) is 20.8 Å². The zero-order valence-electron chi connectivity index (χ0n) is 12.5. The fraction of sp³-hybridized carbons (Fsp3) is 0.167. The minimum absolute atomic E-state index is 0.770. The van der Waals surface area contributed by atoms with Crippen LogP contribution in [0.25, 0.3) is 22.6 Å². The van der Waals surface area contributed by atoms with E-state index in [1.165, 1.54) is 16.7 Å². The number of aryl methyl sites for hydroxylation is 3. The molecule has 2 heterocycles. The van der Waals surface area contributed by atoms with E-state index in [-0.39, 0.29) is 0 Å². The van der Waals surface area contributed by atoms with Gasteiger partial charge >= 0.3 is 0 Å². The van der Waals surface area contributed by atoms with Gasteiger partial charge in [0, 0.05) is 29.7 Å². The van der Waals surface area contributed by atoms with Crippen LogP contribution in [0.4, 0.5) is 0 Å². The van der Waals surface area contributed by atoms with E-state index < -0.39 is 0 Å². The topological polar surface area (TPSA) is 38.7 Å². The van der Waals surface area contributed by atoms with Crippen LogP contribution < -0.4 is 0 Å². The summed E-state index contributed by atoms with van der Waals surface area (Å²) < 4.78 is 0. The maximum absolute atomic E-state index is 4.71. The van der Waals surface area contributed by atoms with Crippen LogP contribution in [-0.2, 0) is 0 Å². The average molecular weight is 275 g/mol. The Morgan fingerprint density at radius 1 is 0.905 bits per heavy atom. The second-order valence-corrected chi connectivity index (χ2v) is 5.28. The molecule has 0 atom stereocenters. The number of pyridine rings is 1. The molecule has 3 heteroatoms. The molecule has 3 rings (SSSR count). The van der Waals surface area contributed by atoms with E-state index in [9.17, 15) is 0 Å². The van der Waals surface area contributed by atoms with Gasteiger partial charge in [-0.1, -0.05) is 17.7 Å². The molecule has 0 saturated heterocycles. The molecule has 0 radical (unpaired) electrons. The molecule has 0 aliphatic heterocycles. The van der Waals surface area contributed by atoms with E-state index in [2.05, 4.69) is 42.9 Å². The van der Waals surface area contributed by atoms with Gasteiger partial charge in [-0.25, -0.2) is 9.97 Å². The summed E-state index contributed by atoms with van der Waals surface area (Å²) in [7, 11) is 0. The highest BCUT2D eigenvalue weighted by Gasteiger charge is 2.10. The van der Waals surface area contributed by atoms with Gasteiger partial charge in [0.15, 0.2) is 5.82 Å². The fourth-order valence-corrected chi connectivity index (χ4v) is 2.69. The Hall–Kier alpha value is -2.55. The molecular formula is C18H17N3. The third-order valence-corrected chi connectivity index (χ3v) is 3.51. The van der Waals surface area contributed by atoms with Gasteiger partial charge in [0.25, 0.3) is 0 Å². The number of hydrogen-bond donors (Lipinski definition) is 0. The normalized spacial score (nSPS) is 10.6. The highest BCUT2D eigenvalue weighted by molar-refractivity contribution is 5.68. The molecule has 0 aliphatic rings. The van der Waals surface area contributed by atoms with Gasteiger partial charge in [-0.15, -0.1) is 0 Å². The first-order valence-corrected chi connectivity index (χ1v) is 6.97.